The van der Waals surface area contributed by atoms with Crippen molar-refractivity contribution in [2.45, 2.75) is 13.3 Å². The largest absolute Gasteiger partial charge is 0.351 e. The maximum atomic E-state index is 11.7. The Kier molecular flexibility index (Phi) is 4.84. The Morgan fingerprint density at radius 2 is 2.15 bits per heavy atom. The highest BCUT2D eigenvalue weighted by Crippen LogP contribution is 2.06. The van der Waals surface area contributed by atoms with Crippen molar-refractivity contribution < 1.29 is 9.59 Å². The molecule has 2 N–H and O–H groups in total. The molecule has 0 saturated carbocycles. The standard InChI is InChI=1S/C14H15N3O2S/c1-10-2-3-12(16-8-10)17-13(18)4-6-15-14(19)11-5-7-20-9-11/h2-3,5,7-9H,4,6H2,1H3,(H,15,19)(H,16,17,18). The maximum absolute atomic E-state index is 11.7. The molecule has 0 fully saturated rings. The summed E-state index contributed by atoms with van der Waals surface area (Å²) in [7, 11) is 0. The predicted molar refractivity (Wildman–Crippen MR) is 78.9 cm³/mol. The predicted octanol–water partition coefficient (Wildman–Crippen LogP) is 2.21. The van der Waals surface area contributed by atoms with E-state index in [0.29, 0.717) is 17.9 Å². The molecular formula is C14H15N3O2S. The van der Waals surface area contributed by atoms with Crippen LogP contribution in [0.3, 0.4) is 0 Å². The van der Waals surface area contributed by atoms with Gasteiger partial charge in [-0.1, -0.05) is 6.07 Å². The lowest BCUT2D eigenvalue weighted by atomic mass is 10.3. The van der Waals surface area contributed by atoms with Gasteiger partial charge in [0.2, 0.25) is 5.91 Å². The van der Waals surface area contributed by atoms with E-state index in [0.717, 1.165) is 5.56 Å². The molecule has 0 aromatic carbocycles. The second-order valence-corrected chi connectivity index (χ2v) is 5.07. The monoisotopic (exact) mass is 289 g/mol. The summed E-state index contributed by atoms with van der Waals surface area (Å²) >= 11 is 1.46. The van der Waals surface area contributed by atoms with E-state index >= 15 is 0 Å². The van der Waals surface area contributed by atoms with Gasteiger partial charge in [0, 0.05) is 30.1 Å². The van der Waals surface area contributed by atoms with Crippen LogP contribution in [0.15, 0.2) is 35.2 Å². The number of amides is 2. The summed E-state index contributed by atoms with van der Waals surface area (Å²) in [5.41, 5.74) is 1.65. The summed E-state index contributed by atoms with van der Waals surface area (Å²) in [4.78, 5) is 27.4. The summed E-state index contributed by atoms with van der Waals surface area (Å²) in [5, 5.41) is 8.98. The zero-order valence-electron chi connectivity index (χ0n) is 11.1. The Bertz CT molecular complexity index is 579. The molecule has 2 aromatic rings. The minimum atomic E-state index is -0.174. The van der Waals surface area contributed by atoms with Crippen LogP contribution < -0.4 is 10.6 Å². The Balaban J connectivity index is 1.73. The number of hydrogen-bond donors (Lipinski definition) is 2. The SMILES string of the molecule is Cc1ccc(NC(=O)CCNC(=O)c2ccsc2)nc1. The molecule has 0 aliphatic carbocycles. The summed E-state index contributed by atoms with van der Waals surface area (Å²) < 4.78 is 0. The van der Waals surface area contributed by atoms with Gasteiger partial charge in [-0.15, -0.1) is 0 Å². The van der Waals surface area contributed by atoms with Crippen LogP contribution in [0.2, 0.25) is 0 Å². The summed E-state index contributed by atoms with van der Waals surface area (Å²) in [6.07, 6.45) is 1.90. The third-order valence-corrected chi connectivity index (χ3v) is 3.28. The van der Waals surface area contributed by atoms with Crippen molar-refractivity contribution in [3.8, 4) is 0 Å². The number of rotatable bonds is 5. The smallest absolute Gasteiger partial charge is 0.252 e. The van der Waals surface area contributed by atoms with Gasteiger partial charge in [0.15, 0.2) is 0 Å². The number of aromatic nitrogens is 1. The van der Waals surface area contributed by atoms with Gasteiger partial charge in [-0.05, 0) is 30.0 Å². The first kappa shape index (κ1) is 14.2. The third-order valence-electron chi connectivity index (χ3n) is 2.60. The molecule has 2 heterocycles. The molecule has 0 aliphatic rings. The number of pyridine rings is 1. The van der Waals surface area contributed by atoms with Crippen molar-refractivity contribution in [3.05, 3.63) is 46.3 Å². The van der Waals surface area contributed by atoms with Gasteiger partial charge in [-0.3, -0.25) is 9.59 Å². The molecule has 20 heavy (non-hydrogen) atoms. The molecule has 0 bridgehead atoms. The van der Waals surface area contributed by atoms with Gasteiger partial charge < -0.3 is 10.6 Å². The molecule has 5 nitrogen and oxygen atoms in total. The minimum Gasteiger partial charge on any atom is -0.351 e. The lowest BCUT2D eigenvalue weighted by molar-refractivity contribution is -0.116. The number of nitrogens with one attached hydrogen (secondary N) is 2. The molecule has 2 amide bonds. The number of nitrogens with zero attached hydrogens (tertiary/aromatic N) is 1. The molecule has 6 heteroatoms. The van der Waals surface area contributed by atoms with E-state index in [9.17, 15) is 9.59 Å². The fourth-order valence-corrected chi connectivity index (χ4v) is 2.17. The average molecular weight is 289 g/mol. The summed E-state index contributed by atoms with van der Waals surface area (Å²) in [6, 6.07) is 5.37. The van der Waals surface area contributed by atoms with Gasteiger partial charge >= 0.3 is 0 Å². The van der Waals surface area contributed by atoms with Crippen molar-refractivity contribution in [3.63, 3.8) is 0 Å². The van der Waals surface area contributed by atoms with Crippen molar-refractivity contribution >= 4 is 29.0 Å². The van der Waals surface area contributed by atoms with Crippen molar-refractivity contribution in [1.29, 1.82) is 0 Å². The molecule has 0 radical (unpaired) electrons. The average Bonchev–Trinajstić information content (AvgIpc) is 2.95. The van der Waals surface area contributed by atoms with Crippen LogP contribution in [-0.4, -0.2) is 23.3 Å². The fourth-order valence-electron chi connectivity index (χ4n) is 1.53. The topological polar surface area (TPSA) is 71.1 Å². The molecule has 2 aromatic heterocycles. The van der Waals surface area contributed by atoms with Gasteiger partial charge in [-0.2, -0.15) is 11.3 Å². The zero-order valence-corrected chi connectivity index (χ0v) is 11.9. The van der Waals surface area contributed by atoms with Gasteiger partial charge in [-0.25, -0.2) is 4.98 Å². The maximum Gasteiger partial charge on any atom is 0.252 e. The van der Waals surface area contributed by atoms with E-state index in [-0.39, 0.29) is 18.2 Å². The Labute approximate surface area is 121 Å². The van der Waals surface area contributed by atoms with Crippen LogP contribution >= 0.6 is 11.3 Å². The second-order valence-electron chi connectivity index (χ2n) is 4.29. The van der Waals surface area contributed by atoms with Crippen LogP contribution in [0.4, 0.5) is 5.82 Å². The molecule has 0 spiro atoms. The summed E-state index contributed by atoms with van der Waals surface area (Å²) in [5.74, 6) is 0.184. The first-order valence-corrected chi connectivity index (χ1v) is 7.12. The number of hydrogen-bond acceptors (Lipinski definition) is 4. The van der Waals surface area contributed by atoms with Crippen LogP contribution in [0, 0.1) is 6.92 Å². The fraction of sp³-hybridized carbons (Fsp3) is 0.214. The lowest BCUT2D eigenvalue weighted by Crippen LogP contribution is -2.27. The molecular weight excluding hydrogens is 274 g/mol. The molecule has 2 rings (SSSR count). The number of anilines is 1. The number of aryl methyl sites for hydroxylation is 1. The van der Waals surface area contributed by atoms with Gasteiger partial charge in [0.25, 0.3) is 5.91 Å². The number of carbonyl (C=O) groups is 2. The molecule has 0 saturated heterocycles. The second kappa shape index (κ2) is 6.81. The van der Waals surface area contributed by atoms with E-state index in [1.165, 1.54) is 11.3 Å². The van der Waals surface area contributed by atoms with E-state index in [2.05, 4.69) is 15.6 Å². The lowest BCUT2D eigenvalue weighted by Gasteiger charge is -2.05. The molecule has 104 valence electrons. The molecule has 0 atom stereocenters. The van der Waals surface area contributed by atoms with Crippen LogP contribution in [0.5, 0.6) is 0 Å². The Morgan fingerprint density at radius 1 is 1.30 bits per heavy atom. The molecule has 0 aliphatic heterocycles. The van der Waals surface area contributed by atoms with Crippen molar-refractivity contribution in [2.75, 3.05) is 11.9 Å². The number of thiophene rings is 1. The highest BCUT2D eigenvalue weighted by atomic mass is 32.1. The normalized spacial score (nSPS) is 10.1. The Morgan fingerprint density at radius 3 is 2.80 bits per heavy atom. The van der Waals surface area contributed by atoms with Crippen LogP contribution in [-0.2, 0) is 4.79 Å². The molecule has 0 unspecified atom stereocenters. The van der Waals surface area contributed by atoms with Gasteiger partial charge in [0.05, 0.1) is 0 Å². The Hall–Kier alpha value is -2.21. The van der Waals surface area contributed by atoms with Crippen LogP contribution in [0.25, 0.3) is 0 Å². The summed E-state index contributed by atoms with van der Waals surface area (Å²) in [6.45, 7) is 2.23. The van der Waals surface area contributed by atoms with E-state index in [1.807, 2.05) is 18.4 Å². The number of carbonyl (C=O) groups excluding carboxylic acids is 2. The highest BCUT2D eigenvalue weighted by molar-refractivity contribution is 7.08. The quantitative estimate of drug-likeness (QED) is 0.886. The van der Waals surface area contributed by atoms with Crippen LogP contribution in [0.1, 0.15) is 22.3 Å². The first-order valence-electron chi connectivity index (χ1n) is 6.18. The van der Waals surface area contributed by atoms with E-state index < -0.39 is 0 Å². The highest BCUT2D eigenvalue weighted by Gasteiger charge is 2.07. The van der Waals surface area contributed by atoms with Crippen molar-refractivity contribution in [2.24, 2.45) is 0 Å². The minimum absolute atomic E-state index is 0.160. The zero-order chi connectivity index (χ0) is 14.4. The van der Waals surface area contributed by atoms with E-state index in [4.69, 9.17) is 0 Å². The first-order chi connectivity index (χ1) is 9.65. The van der Waals surface area contributed by atoms with E-state index in [1.54, 1.807) is 23.7 Å². The van der Waals surface area contributed by atoms with Gasteiger partial charge in [0.1, 0.15) is 5.82 Å². The van der Waals surface area contributed by atoms with Crippen molar-refractivity contribution in [1.82, 2.24) is 10.3 Å². The third kappa shape index (κ3) is 4.17.